The summed E-state index contributed by atoms with van der Waals surface area (Å²) in [7, 11) is -2.46. The Hall–Kier alpha value is -2.85. The van der Waals surface area contributed by atoms with Crippen LogP contribution in [0.15, 0.2) is 41.0 Å². The zero-order valence-corrected chi connectivity index (χ0v) is 17.2. The van der Waals surface area contributed by atoms with E-state index < -0.39 is 21.4 Å². The third-order valence-electron chi connectivity index (χ3n) is 4.38. The molecule has 0 saturated carbocycles. The fourth-order valence-corrected chi connectivity index (χ4v) is 3.75. The highest BCUT2D eigenvalue weighted by atomic mass is 32.2. The van der Waals surface area contributed by atoms with Crippen molar-refractivity contribution in [2.45, 2.75) is 12.5 Å². The van der Waals surface area contributed by atoms with Crippen LogP contribution in [0.5, 0.6) is 5.75 Å². The van der Waals surface area contributed by atoms with Crippen LogP contribution in [0.3, 0.4) is 0 Å². The van der Waals surface area contributed by atoms with Crippen LogP contribution in [0.2, 0.25) is 0 Å². The number of fused-ring (bicyclic) bond motifs is 1. The SMILES string of the molecule is CS(C)(=O)=Nc1cc(F)c2c(Nc3ccc(F)cc3O[C@H]3CCOC3)ncnc2c1. The van der Waals surface area contributed by atoms with Gasteiger partial charge in [0.25, 0.3) is 0 Å². The summed E-state index contributed by atoms with van der Waals surface area (Å²) in [6.45, 7) is 1.01. The molecule has 2 aromatic carbocycles. The normalized spacial score (nSPS) is 16.6. The Morgan fingerprint density at radius 1 is 1.23 bits per heavy atom. The molecule has 0 amide bonds. The molecular formula is C20H20F2N4O3S. The minimum absolute atomic E-state index is 0.134. The number of hydrogen-bond acceptors (Lipinski definition) is 7. The lowest BCUT2D eigenvalue weighted by Crippen LogP contribution is -2.16. The third kappa shape index (κ3) is 4.65. The summed E-state index contributed by atoms with van der Waals surface area (Å²) in [5.41, 5.74) is 0.956. The number of nitrogens with one attached hydrogen (secondary N) is 1. The minimum atomic E-state index is -2.46. The molecule has 4 rings (SSSR count). The zero-order chi connectivity index (χ0) is 21.3. The van der Waals surface area contributed by atoms with Gasteiger partial charge in [-0.3, -0.25) is 0 Å². The van der Waals surface area contributed by atoms with Crippen LogP contribution in [-0.2, 0) is 14.5 Å². The average Bonchev–Trinajstić information content (AvgIpc) is 3.15. The van der Waals surface area contributed by atoms with Gasteiger partial charge in [-0.15, -0.1) is 0 Å². The van der Waals surface area contributed by atoms with Crippen molar-refractivity contribution in [3.8, 4) is 5.75 Å². The molecule has 10 heteroatoms. The molecule has 1 atom stereocenters. The number of halogens is 2. The third-order valence-corrected chi connectivity index (χ3v) is 5.03. The number of ether oxygens (including phenoxy) is 2. The highest BCUT2D eigenvalue weighted by molar-refractivity contribution is 7.92. The van der Waals surface area contributed by atoms with Gasteiger partial charge in [-0.05, 0) is 18.2 Å². The van der Waals surface area contributed by atoms with E-state index in [1.807, 2.05) is 0 Å². The van der Waals surface area contributed by atoms with Gasteiger partial charge >= 0.3 is 0 Å². The molecule has 1 N–H and O–H groups in total. The van der Waals surface area contributed by atoms with Crippen LogP contribution < -0.4 is 10.1 Å². The molecule has 30 heavy (non-hydrogen) atoms. The summed E-state index contributed by atoms with van der Waals surface area (Å²) in [5.74, 6) is -0.605. The van der Waals surface area contributed by atoms with Crippen LogP contribution >= 0.6 is 0 Å². The van der Waals surface area contributed by atoms with Crippen molar-refractivity contribution in [3.63, 3.8) is 0 Å². The van der Waals surface area contributed by atoms with Gasteiger partial charge in [-0.1, -0.05) is 0 Å². The summed E-state index contributed by atoms with van der Waals surface area (Å²) in [5, 5.41) is 3.15. The second-order valence-corrected chi connectivity index (χ2v) is 9.73. The van der Waals surface area contributed by atoms with Gasteiger partial charge in [-0.2, -0.15) is 4.36 Å². The zero-order valence-electron chi connectivity index (χ0n) is 16.4. The minimum Gasteiger partial charge on any atom is -0.486 e. The largest absolute Gasteiger partial charge is 0.486 e. The second kappa shape index (κ2) is 8.11. The lowest BCUT2D eigenvalue weighted by Gasteiger charge is -2.17. The fourth-order valence-electron chi connectivity index (χ4n) is 3.14. The smallest absolute Gasteiger partial charge is 0.146 e. The van der Waals surface area contributed by atoms with Gasteiger partial charge in [0.05, 0.1) is 35.5 Å². The summed E-state index contributed by atoms with van der Waals surface area (Å²) in [4.78, 5) is 8.24. The molecule has 2 heterocycles. The number of aromatic nitrogens is 2. The van der Waals surface area contributed by atoms with Crippen molar-refractivity contribution in [1.29, 1.82) is 0 Å². The lowest BCUT2D eigenvalue weighted by molar-refractivity contribution is 0.141. The van der Waals surface area contributed by atoms with Gasteiger partial charge in [0.1, 0.15) is 35.6 Å². The number of hydrogen-bond donors (Lipinski definition) is 1. The Labute approximate surface area is 172 Å². The van der Waals surface area contributed by atoms with Crippen molar-refractivity contribution < 1.29 is 22.5 Å². The molecule has 158 valence electrons. The highest BCUT2D eigenvalue weighted by Gasteiger charge is 2.20. The monoisotopic (exact) mass is 434 g/mol. The molecular weight excluding hydrogens is 414 g/mol. The van der Waals surface area contributed by atoms with E-state index in [0.29, 0.717) is 30.8 Å². The molecule has 1 saturated heterocycles. The summed E-state index contributed by atoms with van der Waals surface area (Å²) in [6, 6.07) is 6.75. The molecule has 0 bridgehead atoms. The molecule has 0 unspecified atom stereocenters. The molecule has 0 spiro atoms. The first-order valence-corrected chi connectivity index (χ1v) is 11.5. The molecule has 1 aliphatic heterocycles. The molecule has 0 aliphatic carbocycles. The number of benzene rings is 2. The number of nitrogens with zero attached hydrogens (tertiary/aromatic N) is 3. The van der Waals surface area contributed by atoms with Gasteiger partial charge in [0.15, 0.2) is 0 Å². The Balaban J connectivity index is 1.73. The van der Waals surface area contributed by atoms with Crippen LogP contribution in [-0.4, -0.2) is 46.0 Å². The predicted octanol–water partition coefficient (Wildman–Crippen LogP) is 4.18. The van der Waals surface area contributed by atoms with E-state index in [1.54, 1.807) is 0 Å². The van der Waals surface area contributed by atoms with Crippen LogP contribution in [0, 0.1) is 11.6 Å². The van der Waals surface area contributed by atoms with Crippen molar-refractivity contribution in [2.24, 2.45) is 4.36 Å². The van der Waals surface area contributed by atoms with Crippen LogP contribution in [0.25, 0.3) is 10.9 Å². The molecule has 1 fully saturated rings. The first-order chi connectivity index (χ1) is 14.3. The van der Waals surface area contributed by atoms with Gasteiger partial charge in [0.2, 0.25) is 0 Å². The molecule has 7 nitrogen and oxygen atoms in total. The Kier molecular flexibility index (Phi) is 5.52. The molecule has 1 aromatic heterocycles. The average molecular weight is 434 g/mol. The van der Waals surface area contributed by atoms with Crippen molar-refractivity contribution in [3.05, 3.63) is 48.3 Å². The van der Waals surface area contributed by atoms with Crippen molar-refractivity contribution in [1.82, 2.24) is 9.97 Å². The van der Waals surface area contributed by atoms with Crippen LogP contribution in [0.4, 0.5) is 26.0 Å². The number of anilines is 2. The van der Waals surface area contributed by atoms with Gasteiger partial charge in [0, 0.05) is 40.8 Å². The van der Waals surface area contributed by atoms with Crippen LogP contribution in [0.1, 0.15) is 6.42 Å². The van der Waals surface area contributed by atoms with Crippen molar-refractivity contribution >= 4 is 37.8 Å². The quantitative estimate of drug-likeness (QED) is 0.649. The predicted molar refractivity (Wildman–Crippen MR) is 111 cm³/mol. The fraction of sp³-hybridized carbons (Fsp3) is 0.300. The summed E-state index contributed by atoms with van der Waals surface area (Å²) >= 11 is 0. The molecule has 3 aromatic rings. The standard InChI is InChI=1S/C20H20F2N4O3S/c1-30(2,27)26-13-8-15(22)19-17(9-13)23-11-24-20(19)25-16-4-3-12(21)7-18(16)29-14-5-6-28-10-14/h3-4,7-9,11,14H,5-6,10H2,1-2H3,(H,23,24,25)/t14-/m0/s1. The topological polar surface area (TPSA) is 85.7 Å². The summed E-state index contributed by atoms with van der Waals surface area (Å²) in [6.07, 6.45) is 4.72. The maximum Gasteiger partial charge on any atom is 0.146 e. The first kappa shape index (κ1) is 20.4. The van der Waals surface area contributed by atoms with Crippen molar-refractivity contribution in [2.75, 3.05) is 31.0 Å². The van der Waals surface area contributed by atoms with E-state index >= 15 is 0 Å². The van der Waals surface area contributed by atoms with E-state index in [1.165, 1.54) is 49.2 Å². The maximum absolute atomic E-state index is 14.9. The molecule has 0 radical (unpaired) electrons. The second-order valence-electron chi connectivity index (χ2n) is 7.19. The van der Waals surface area contributed by atoms with E-state index in [2.05, 4.69) is 19.6 Å². The lowest BCUT2D eigenvalue weighted by atomic mass is 10.2. The first-order valence-electron chi connectivity index (χ1n) is 9.21. The van der Waals surface area contributed by atoms with Gasteiger partial charge in [-0.25, -0.2) is 23.0 Å². The Morgan fingerprint density at radius 2 is 2.07 bits per heavy atom. The summed E-state index contributed by atoms with van der Waals surface area (Å²) < 4.78 is 55.8. The maximum atomic E-state index is 14.9. The van der Waals surface area contributed by atoms with Gasteiger partial charge < -0.3 is 14.8 Å². The molecule has 1 aliphatic rings. The van der Waals surface area contributed by atoms with E-state index in [4.69, 9.17) is 9.47 Å². The van der Waals surface area contributed by atoms with E-state index in [-0.39, 0.29) is 28.7 Å². The van der Waals surface area contributed by atoms with E-state index in [9.17, 15) is 13.0 Å². The Morgan fingerprint density at radius 3 is 2.80 bits per heavy atom. The highest BCUT2D eigenvalue weighted by Crippen LogP contribution is 2.34. The Bertz CT molecular complexity index is 1210. The number of rotatable bonds is 5. The van der Waals surface area contributed by atoms with E-state index in [0.717, 1.165) is 0 Å².